The molecule has 2 atom stereocenters. The summed E-state index contributed by atoms with van der Waals surface area (Å²) in [7, 11) is 0. The monoisotopic (exact) mass is 174 g/mol. The summed E-state index contributed by atoms with van der Waals surface area (Å²) in [6.45, 7) is 3.19. The van der Waals surface area contributed by atoms with E-state index in [-0.39, 0.29) is 12.4 Å². The van der Waals surface area contributed by atoms with Crippen LogP contribution < -0.4 is 0 Å². The fraction of sp³-hybridized carbons (Fsp3) is 1.00. The lowest BCUT2D eigenvalue weighted by Gasteiger charge is -2.22. The van der Waals surface area contributed by atoms with Crippen LogP contribution in [0.15, 0.2) is 0 Å². The Morgan fingerprint density at radius 1 is 1.58 bits per heavy atom. The fourth-order valence-electron chi connectivity index (χ4n) is 1.21. The summed E-state index contributed by atoms with van der Waals surface area (Å²) in [6, 6.07) is 0. The lowest BCUT2D eigenvalue weighted by atomic mass is 10.2. The Morgan fingerprint density at radius 3 is 3.00 bits per heavy atom. The molecule has 1 aliphatic heterocycles. The van der Waals surface area contributed by atoms with Crippen molar-refractivity contribution in [1.82, 2.24) is 0 Å². The largest absolute Gasteiger partial charge is 0.393 e. The maximum absolute atomic E-state index is 8.96. The molecule has 72 valence electrons. The predicted octanol–water partition coefficient (Wildman–Crippen LogP) is 1.30. The Hall–Kier alpha value is -0.120. The fourth-order valence-corrected chi connectivity index (χ4v) is 1.21. The summed E-state index contributed by atoms with van der Waals surface area (Å²) in [5, 5.41) is 8.96. The van der Waals surface area contributed by atoms with Crippen LogP contribution in [-0.4, -0.2) is 30.7 Å². The van der Waals surface area contributed by atoms with E-state index in [9.17, 15) is 0 Å². The average Bonchev–Trinajstić information content (AvgIpc) is 2.05. The molecule has 1 rings (SSSR count). The van der Waals surface area contributed by atoms with Crippen molar-refractivity contribution < 1.29 is 14.6 Å². The highest BCUT2D eigenvalue weighted by Crippen LogP contribution is 2.13. The smallest absolute Gasteiger partial charge is 0.157 e. The predicted molar refractivity (Wildman–Crippen MR) is 45.8 cm³/mol. The van der Waals surface area contributed by atoms with Gasteiger partial charge in [0, 0.05) is 6.61 Å². The van der Waals surface area contributed by atoms with Gasteiger partial charge in [-0.1, -0.05) is 0 Å². The van der Waals surface area contributed by atoms with E-state index in [1.807, 2.05) is 0 Å². The molecule has 3 heteroatoms. The second-order valence-electron chi connectivity index (χ2n) is 3.30. The minimum atomic E-state index is -0.270. The first-order valence-corrected chi connectivity index (χ1v) is 4.70. The highest BCUT2D eigenvalue weighted by atomic mass is 16.7. The van der Waals surface area contributed by atoms with Gasteiger partial charge in [-0.3, -0.25) is 0 Å². The van der Waals surface area contributed by atoms with Gasteiger partial charge >= 0.3 is 0 Å². The van der Waals surface area contributed by atoms with E-state index < -0.39 is 0 Å². The Bertz CT molecular complexity index is 108. The van der Waals surface area contributed by atoms with Gasteiger partial charge in [0.1, 0.15) is 0 Å². The topological polar surface area (TPSA) is 38.7 Å². The second-order valence-corrected chi connectivity index (χ2v) is 3.30. The standard InChI is InChI=1S/C9H18O3/c1-8(10)5-7-12-9-4-2-3-6-11-9/h8-10H,2-7H2,1H3. The van der Waals surface area contributed by atoms with Crippen LogP contribution in [0.2, 0.25) is 0 Å². The van der Waals surface area contributed by atoms with E-state index >= 15 is 0 Å². The molecule has 12 heavy (non-hydrogen) atoms. The summed E-state index contributed by atoms with van der Waals surface area (Å²) in [5.74, 6) is 0. The second kappa shape index (κ2) is 5.51. The molecule has 0 aromatic rings. The van der Waals surface area contributed by atoms with Crippen LogP contribution >= 0.6 is 0 Å². The van der Waals surface area contributed by atoms with Gasteiger partial charge < -0.3 is 14.6 Å². The molecule has 0 radical (unpaired) electrons. The zero-order chi connectivity index (χ0) is 8.81. The molecule has 0 aromatic heterocycles. The van der Waals surface area contributed by atoms with Crippen molar-refractivity contribution in [3.8, 4) is 0 Å². The van der Waals surface area contributed by atoms with Crippen LogP contribution in [0.1, 0.15) is 32.6 Å². The number of ether oxygens (including phenoxy) is 2. The summed E-state index contributed by atoms with van der Waals surface area (Å²) in [6.07, 6.45) is 3.75. The summed E-state index contributed by atoms with van der Waals surface area (Å²) >= 11 is 0. The van der Waals surface area contributed by atoms with Gasteiger partial charge in [0.15, 0.2) is 6.29 Å². The van der Waals surface area contributed by atoms with Gasteiger partial charge in [-0.25, -0.2) is 0 Å². The van der Waals surface area contributed by atoms with Crippen LogP contribution in [0.3, 0.4) is 0 Å². The first-order chi connectivity index (χ1) is 5.79. The van der Waals surface area contributed by atoms with Gasteiger partial charge in [-0.05, 0) is 32.6 Å². The molecular weight excluding hydrogens is 156 g/mol. The summed E-state index contributed by atoms with van der Waals surface area (Å²) in [4.78, 5) is 0. The van der Waals surface area contributed by atoms with Crippen LogP contribution in [0.5, 0.6) is 0 Å². The van der Waals surface area contributed by atoms with E-state index in [1.165, 1.54) is 6.42 Å². The molecule has 0 bridgehead atoms. The molecule has 1 heterocycles. The number of aliphatic hydroxyl groups excluding tert-OH is 1. The Labute approximate surface area is 73.7 Å². The summed E-state index contributed by atoms with van der Waals surface area (Å²) in [5.41, 5.74) is 0. The van der Waals surface area contributed by atoms with E-state index in [1.54, 1.807) is 6.92 Å². The van der Waals surface area contributed by atoms with Crippen LogP contribution in [0.4, 0.5) is 0 Å². The molecule has 1 N–H and O–H groups in total. The number of rotatable bonds is 4. The molecule has 1 fully saturated rings. The lowest BCUT2D eigenvalue weighted by Crippen LogP contribution is -2.23. The highest BCUT2D eigenvalue weighted by molar-refractivity contribution is 4.54. The van der Waals surface area contributed by atoms with Gasteiger partial charge in [0.25, 0.3) is 0 Å². The molecule has 0 aromatic carbocycles. The first kappa shape index (κ1) is 9.96. The number of aliphatic hydroxyl groups is 1. The van der Waals surface area contributed by atoms with E-state index in [2.05, 4.69) is 0 Å². The quantitative estimate of drug-likeness (QED) is 0.698. The third kappa shape index (κ3) is 4.04. The molecule has 0 aliphatic carbocycles. The zero-order valence-corrected chi connectivity index (χ0v) is 7.66. The number of hydrogen-bond acceptors (Lipinski definition) is 3. The van der Waals surface area contributed by atoms with Gasteiger partial charge in [0.05, 0.1) is 12.7 Å². The summed E-state index contributed by atoms with van der Waals surface area (Å²) < 4.78 is 10.8. The van der Waals surface area contributed by atoms with Crippen LogP contribution in [0, 0.1) is 0 Å². The molecule has 0 saturated carbocycles. The third-order valence-corrected chi connectivity index (χ3v) is 1.98. The molecule has 1 saturated heterocycles. The van der Waals surface area contributed by atoms with Crippen molar-refractivity contribution in [3.05, 3.63) is 0 Å². The van der Waals surface area contributed by atoms with Crippen molar-refractivity contribution in [3.63, 3.8) is 0 Å². The van der Waals surface area contributed by atoms with Crippen LogP contribution in [0.25, 0.3) is 0 Å². The Morgan fingerprint density at radius 2 is 2.42 bits per heavy atom. The molecule has 0 amide bonds. The van der Waals surface area contributed by atoms with Gasteiger partial charge in [0.2, 0.25) is 0 Å². The normalized spacial score (nSPS) is 27.0. The van der Waals surface area contributed by atoms with Gasteiger partial charge in [-0.15, -0.1) is 0 Å². The van der Waals surface area contributed by atoms with Crippen molar-refractivity contribution in [2.45, 2.75) is 45.0 Å². The SMILES string of the molecule is CC(O)CCOC1CCCCO1. The molecule has 3 nitrogen and oxygen atoms in total. The molecule has 2 unspecified atom stereocenters. The minimum absolute atomic E-state index is 0.0162. The number of hydrogen-bond donors (Lipinski definition) is 1. The van der Waals surface area contributed by atoms with E-state index in [0.29, 0.717) is 13.0 Å². The van der Waals surface area contributed by atoms with Gasteiger partial charge in [-0.2, -0.15) is 0 Å². The van der Waals surface area contributed by atoms with Crippen molar-refractivity contribution in [1.29, 1.82) is 0 Å². The van der Waals surface area contributed by atoms with Crippen molar-refractivity contribution >= 4 is 0 Å². The van der Waals surface area contributed by atoms with Crippen molar-refractivity contribution in [2.24, 2.45) is 0 Å². The van der Waals surface area contributed by atoms with E-state index in [4.69, 9.17) is 14.6 Å². The first-order valence-electron chi connectivity index (χ1n) is 4.70. The minimum Gasteiger partial charge on any atom is -0.393 e. The molecular formula is C9H18O3. The van der Waals surface area contributed by atoms with Crippen molar-refractivity contribution in [2.75, 3.05) is 13.2 Å². The zero-order valence-electron chi connectivity index (χ0n) is 7.66. The maximum atomic E-state index is 8.96. The van der Waals surface area contributed by atoms with Crippen LogP contribution in [-0.2, 0) is 9.47 Å². The average molecular weight is 174 g/mol. The Balaban J connectivity index is 1.98. The maximum Gasteiger partial charge on any atom is 0.157 e. The third-order valence-electron chi connectivity index (χ3n) is 1.98. The highest BCUT2D eigenvalue weighted by Gasteiger charge is 2.13. The Kier molecular flexibility index (Phi) is 4.58. The lowest BCUT2D eigenvalue weighted by molar-refractivity contribution is -0.165. The van der Waals surface area contributed by atoms with E-state index in [0.717, 1.165) is 19.4 Å². The molecule has 0 spiro atoms. The molecule has 1 aliphatic rings.